The Kier molecular flexibility index (Phi) is 3.02. The molecular weight excluding hydrogens is 240 g/mol. The second kappa shape index (κ2) is 4.67. The van der Waals surface area contributed by atoms with Crippen molar-refractivity contribution in [2.45, 2.75) is 11.3 Å². The summed E-state index contributed by atoms with van der Waals surface area (Å²) in [7, 11) is 0. The van der Waals surface area contributed by atoms with Gasteiger partial charge in [0.15, 0.2) is 0 Å². The van der Waals surface area contributed by atoms with Crippen LogP contribution in [-0.2, 0) is 0 Å². The molecular formula is C15H16N2S. The lowest BCUT2D eigenvalue weighted by molar-refractivity contribution is 0.771. The highest BCUT2D eigenvalue weighted by atomic mass is 32.2. The van der Waals surface area contributed by atoms with Gasteiger partial charge in [-0.3, -0.25) is 0 Å². The number of allylic oxidation sites excluding steroid dienone is 3. The Labute approximate surface area is 111 Å². The molecule has 92 valence electrons. The zero-order valence-corrected chi connectivity index (χ0v) is 10.8. The van der Waals surface area contributed by atoms with Crippen molar-refractivity contribution < 1.29 is 0 Å². The van der Waals surface area contributed by atoms with Crippen molar-refractivity contribution in [2.24, 2.45) is 17.4 Å². The largest absolute Gasteiger partial charge is 0.401 e. The van der Waals surface area contributed by atoms with Gasteiger partial charge >= 0.3 is 0 Å². The first kappa shape index (κ1) is 11.6. The molecule has 0 saturated heterocycles. The summed E-state index contributed by atoms with van der Waals surface area (Å²) in [6, 6.07) is 10.0. The van der Waals surface area contributed by atoms with Crippen molar-refractivity contribution in [3.63, 3.8) is 0 Å². The van der Waals surface area contributed by atoms with Crippen LogP contribution in [0.25, 0.3) is 0 Å². The van der Waals surface area contributed by atoms with Crippen molar-refractivity contribution in [1.82, 2.24) is 0 Å². The van der Waals surface area contributed by atoms with Crippen molar-refractivity contribution in [3.8, 4) is 0 Å². The van der Waals surface area contributed by atoms with E-state index in [2.05, 4.69) is 36.4 Å². The highest BCUT2D eigenvalue weighted by Crippen LogP contribution is 2.46. The van der Waals surface area contributed by atoms with Gasteiger partial charge in [-0.2, -0.15) is 0 Å². The molecule has 1 aliphatic carbocycles. The molecule has 0 aromatic heterocycles. The van der Waals surface area contributed by atoms with Crippen LogP contribution in [-0.4, -0.2) is 5.25 Å². The third kappa shape index (κ3) is 1.89. The summed E-state index contributed by atoms with van der Waals surface area (Å²) in [6.45, 7) is 0. The van der Waals surface area contributed by atoms with E-state index in [9.17, 15) is 0 Å². The highest BCUT2D eigenvalue weighted by molar-refractivity contribution is 8.04. The van der Waals surface area contributed by atoms with Gasteiger partial charge < -0.3 is 11.5 Å². The van der Waals surface area contributed by atoms with E-state index >= 15 is 0 Å². The molecule has 0 spiro atoms. The van der Waals surface area contributed by atoms with Gasteiger partial charge in [0.05, 0.1) is 6.04 Å². The predicted octanol–water partition coefficient (Wildman–Crippen LogP) is 2.71. The van der Waals surface area contributed by atoms with Gasteiger partial charge in [-0.15, -0.1) is 11.8 Å². The molecule has 0 radical (unpaired) electrons. The predicted molar refractivity (Wildman–Crippen MR) is 77.7 cm³/mol. The fourth-order valence-corrected chi connectivity index (χ4v) is 3.82. The quantitative estimate of drug-likeness (QED) is 0.855. The van der Waals surface area contributed by atoms with E-state index in [1.165, 1.54) is 0 Å². The molecule has 3 atom stereocenters. The molecule has 0 fully saturated rings. The van der Waals surface area contributed by atoms with E-state index in [-0.39, 0.29) is 6.04 Å². The average Bonchev–Trinajstić information content (AvgIpc) is 2.77. The topological polar surface area (TPSA) is 52.0 Å². The molecule has 4 N–H and O–H groups in total. The Balaban J connectivity index is 1.91. The molecule has 0 saturated carbocycles. The SMILES string of the molecule is NC1=C(C(N)c2ccccc2)SC2C=CC=CC12. The fraction of sp³-hybridized carbons (Fsp3) is 0.200. The fourth-order valence-electron chi connectivity index (χ4n) is 2.42. The van der Waals surface area contributed by atoms with Gasteiger partial charge in [0.1, 0.15) is 0 Å². The zero-order valence-electron chi connectivity index (χ0n) is 9.99. The maximum absolute atomic E-state index is 6.34. The Morgan fingerprint density at radius 1 is 1.06 bits per heavy atom. The van der Waals surface area contributed by atoms with Gasteiger partial charge in [-0.25, -0.2) is 0 Å². The summed E-state index contributed by atoms with van der Waals surface area (Å²) in [5.74, 6) is 0.310. The number of hydrogen-bond acceptors (Lipinski definition) is 3. The maximum atomic E-state index is 6.34. The first-order valence-corrected chi connectivity index (χ1v) is 6.97. The van der Waals surface area contributed by atoms with Gasteiger partial charge in [0, 0.05) is 21.8 Å². The third-order valence-corrected chi connectivity index (χ3v) is 4.90. The molecule has 1 heterocycles. The van der Waals surface area contributed by atoms with Crippen molar-refractivity contribution in [3.05, 3.63) is 70.8 Å². The van der Waals surface area contributed by atoms with E-state index < -0.39 is 0 Å². The smallest absolute Gasteiger partial charge is 0.0629 e. The van der Waals surface area contributed by atoms with Crippen LogP contribution in [0.1, 0.15) is 11.6 Å². The van der Waals surface area contributed by atoms with Crippen LogP contribution in [0, 0.1) is 5.92 Å². The number of fused-ring (bicyclic) bond motifs is 1. The van der Waals surface area contributed by atoms with Crippen molar-refractivity contribution >= 4 is 11.8 Å². The number of hydrogen-bond donors (Lipinski definition) is 2. The lowest BCUT2D eigenvalue weighted by Gasteiger charge is -2.15. The molecule has 1 aromatic rings. The van der Waals surface area contributed by atoms with Gasteiger partial charge in [0.2, 0.25) is 0 Å². The van der Waals surface area contributed by atoms with E-state index in [4.69, 9.17) is 11.5 Å². The zero-order chi connectivity index (χ0) is 12.5. The van der Waals surface area contributed by atoms with E-state index in [1.54, 1.807) is 11.8 Å². The van der Waals surface area contributed by atoms with Crippen LogP contribution in [0.5, 0.6) is 0 Å². The Morgan fingerprint density at radius 2 is 1.78 bits per heavy atom. The molecule has 3 heteroatoms. The molecule has 2 aliphatic rings. The molecule has 0 amide bonds. The number of thioether (sulfide) groups is 1. The molecule has 2 nitrogen and oxygen atoms in total. The minimum absolute atomic E-state index is 0.108. The Hall–Kier alpha value is -1.45. The summed E-state index contributed by atoms with van der Waals surface area (Å²) in [6.07, 6.45) is 8.51. The van der Waals surface area contributed by atoms with Gasteiger partial charge in [-0.05, 0) is 5.56 Å². The Bertz CT molecular complexity index is 531. The second-order valence-corrected chi connectivity index (χ2v) is 5.81. The van der Waals surface area contributed by atoms with Crippen LogP contribution < -0.4 is 11.5 Å². The second-order valence-electron chi connectivity index (χ2n) is 4.59. The van der Waals surface area contributed by atoms with Gasteiger partial charge in [0.25, 0.3) is 0 Å². The normalized spacial score (nSPS) is 27.4. The first-order chi connectivity index (χ1) is 8.77. The highest BCUT2D eigenvalue weighted by Gasteiger charge is 2.34. The Morgan fingerprint density at radius 3 is 2.50 bits per heavy atom. The summed E-state index contributed by atoms with van der Waals surface area (Å²) < 4.78 is 0. The van der Waals surface area contributed by atoms with Crippen LogP contribution in [0.2, 0.25) is 0 Å². The standard InChI is InChI=1S/C15H16N2S/c16-13(10-6-2-1-3-7-10)15-14(17)11-8-4-5-9-12(11)18-15/h1-9,11-13H,16-17H2. The lowest BCUT2D eigenvalue weighted by atomic mass is 9.95. The summed E-state index contributed by atoms with van der Waals surface area (Å²) in [4.78, 5) is 1.12. The van der Waals surface area contributed by atoms with E-state index in [0.29, 0.717) is 11.2 Å². The van der Waals surface area contributed by atoms with Crippen LogP contribution in [0.15, 0.2) is 65.2 Å². The molecule has 1 aromatic carbocycles. The van der Waals surface area contributed by atoms with Gasteiger partial charge in [-0.1, -0.05) is 54.6 Å². The lowest BCUT2D eigenvalue weighted by Crippen LogP contribution is -2.18. The summed E-state index contributed by atoms with van der Waals surface area (Å²) in [5, 5.41) is 0.416. The van der Waals surface area contributed by atoms with E-state index in [0.717, 1.165) is 16.2 Å². The molecule has 1 aliphatic heterocycles. The molecule has 3 rings (SSSR count). The van der Waals surface area contributed by atoms with Crippen molar-refractivity contribution in [2.75, 3.05) is 0 Å². The first-order valence-electron chi connectivity index (χ1n) is 6.09. The average molecular weight is 256 g/mol. The monoisotopic (exact) mass is 256 g/mol. The molecule has 18 heavy (non-hydrogen) atoms. The van der Waals surface area contributed by atoms with Crippen LogP contribution in [0.3, 0.4) is 0 Å². The third-order valence-electron chi connectivity index (χ3n) is 3.43. The minimum Gasteiger partial charge on any atom is -0.401 e. The number of nitrogens with two attached hydrogens (primary N) is 2. The van der Waals surface area contributed by atoms with Crippen molar-refractivity contribution in [1.29, 1.82) is 0 Å². The molecule has 0 bridgehead atoms. The number of rotatable bonds is 2. The van der Waals surface area contributed by atoms with E-state index in [1.807, 2.05) is 18.2 Å². The van der Waals surface area contributed by atoms with Crippen LogP contribution in [0.4, 0.5) is 0 Å². The molecule has 3 unspecified atom stereocenters. The number of benzene rings is 1. The van der Waals surface area contributed by atoms with Crippen LogP contribution >= 0.6 is 11.8 Å². The minimum atomic E-state index is -0.108. The summed E-state index contributed by atoms with van der Waals surface area (Å²) >= 11 is 1.80. The summed E-state index contributed by atoms with van der Waals surface area (Å²) in [5.41, 5.74) is 14.7. The maximum Gasteiger partial charge on any atom is 0.0629 e.